The fraction of sp³-hybridized carbons (Fsp3) is 0.259. The zero-order valence-electron chi connectivity index (χ0n) is 20.0. The molecule has 0 unspecified atom stereocenters. The van der Waals surface area contributed by atoms with E-state index in [-0.39, 0.29) is 6.61 Å². The third-order valence-electron chi connectivity index (χ3n) is 5.74. The third-order valence-corrected chi connectivity index (χ3v) is 5.74. The van der Waals surface area contributed by atoms with Gasteiger partial charge in [0.05, 0.1) is 5.52 Å². The molecule has 2 aromatic carbocycles. The summed E-state index contributed by atoms with van der Waals surface area (Å²) in [5, 5.41) is 12.4. The van der Waals surface area contributed by atoms with Gasteiger partial charge in [0, 0.05) is 53.8 Å². The molecule has 0 spiro atoms. The van der Waals surface area contributed by atoms with Crippen molar-refractivity contribution < 1.29 is 14.3 Å². The van der Waals surface area contributed by atoms with E-state index in [1.807, 2.05) is 42.5 Å². The lowest BCUT2D eigenvalue weighted by atomic mass is 10.1. The van der Waals surface area contributed by atoms with Gasteiger partial charge in [-0.25, -0.2) is 9.78 Å². The Morgan fingerprint density at radius 1 is 0.889 bits per heavy atom. The SMILES string of the molecule is NC(=O)c1ccc2c(c1)nc(NCCNCCCCNC(=O)OCc1ccccc1)c1ccncc12. The number of carbonyl (C=O) groups excluding carboxylic acids is 2. The predicted molar refractivity (Wildman–Crippen MR) is 141 cm³/mol. The van der Waals surface area contributed by atoms with E-state index in [0.717, 1.165) is 53.5 Å². The van der Waals surface area contributed by atoms with Crippen LogP contribution in [0.2, 0.25) is 0 Å². The largest absolute Gasteiger partial charge is 0.445 e. The van der Waals surface area contributed by atoms with Crippen LogP contribution in [-0.2, 0) is 11.3 Å². The second-order valence-corrected chi connectivity index (χ2v) is 8.35. The van der Waals surface area contributed by atoms with Crippen LogP contribution in [0.25, 0.3) is 21.7 Å². The Morgan fingerprint density at radius 2 is 1.72 bits per heavy atom. The Morgan fingerprint density at radius 3 is 2.56 bits per heavy atom. The Labute approximate surface area is 209 Å². The van der Waals surface area contributed by atoms with Gasteiger partial charge < -0.3 is 26.4 Å². The van der Waals surface area contributed by atoms with Crippen LogP contribution >= 0.6 is 0 Å². The number of unbranched alkanes of at least 4 members (excludes halogenated alkanes) is 1. The Balaban J connectivity index is 1.17. The molecule has 0 atom stereocenters. The monoisotopic (exact) mass is 486 g/mol. The number of aromatic nitrogens is 2. The zero-order chi connectivity index (χ0) is 25.2. The highest BCUT2D eigenvalue weighted by atomic mass is 16.5. The molecule has 4 aromatic rings. The first kappa shape index (κ1) is 24.9. The van der Waals surface area contributed by atoms with Gasteiger partial charge in [-0.05, 0) is 43.1 Å². The summed E-state index contributed by atoms with van der Waals surface area (Å²) in [6, 6.07) is 16.8. The fourth-order valence-electron chi connectivity index (χ4n) is 3.87. The Kier molecular flexibility index (Phi) is 8.61. The molecule has 0 aliphatic carbocycles. The molecule has 0 fully saturated rings. The van der Waals surface area contributed by atoms with Gasteiger partial charge >= 0.3 is 6.09 Å². The molecule has 2 aromatic heterocycles. The number of pyridine rings is 2. The molecule has 9 nitrogen and oxygen atoms in total. The number of benzene rings is 2. The number of amides is 2. The highest BCUT2D eigenvalue weighted by molar-refractivity contribution is 6.11. The van der Waals surface area contributed by atoms with E-state index >= 15 is 0 Å². The summed E-state index contributed by atoms with van der Waals surface area (Å²) in [7, 11) is 0. The molecule has 0 bridgehead atoms. The summed E-state index contributed by atoms with van der Waals surface area (Å²) in [5.41, 5.74) is 7.51. The first-order valence-corrected chi connectivity index (χ1v) is 12.0. The van der Waals surface area contributed by atoms with Crippen molar-refractivity contribution in [2.75, 3.05) is 31.5 Å². The smallest absolute Gasteiger partial charge is 0.407 e. The van der Waals surface area contributed by atoms with Crippen molar-refractivity contribution in [2.24, 2.45) is 5.73 Å². The molecule has 4 rings (SSSR count). The van der Waals surface area contributed by atoms with Crippen molar-refractivity contribution in [3.05, 3.63) is 78.1 Å². The van der Waals surface area contributed by atoms with Crippen molar-refractivity contribution in [1.82, 2.24) is 20.6 Å². The highest BCUT2D eigenvalue weighted by Crippen LogP contribution is 2.29. The van der Waals surface area contributed by atoms with E-state index in [9.17, 15) is 9.59 Å². The maximum absolute atomic E-state index is 11.8. The van der Waals surface area contributed by atoms with Crippen molar-refractivity contribution in [2.45, 2.75) is 19.4 Å². The quantitative estimate of drug-likeness (QED) is 0.178. The predicted octanol–water partition coefficient (Wildman–Crippen LogP) is 3.59. The normalized spacial score (nSPS) is 10.9. The number of nitrogens with zero attached hydrogens (tertiary/aromatic N) is 2. The molecule has 0 saturated heterocycles. The van der Waals surface area contributed by atoms with Crippen molar-refractivity contribution >= 4 is 39.5 Å². The average Bonchev–Trinajstić information content (AvgIpc) is 2.91. The van der Waals surface area contributed by atoms with E-state index in [4.69, 9.17) is 15.5 Å². The Bertz CT molecular complexity index is 1330. The molecule has 5 N–H and O–H groups in total. The Hall–Kier alpha value is -4.24. The molecular formula is C27H30N6O3. The number of nitrogens with two attached hydrogens (primary N) is 1. The summed E-state index contributed by atoms with van der Waals surface area (Å²) in [5.74, 6) is 0.254. The van der Waals surface area contributed by atoms with E-state index in [1.165, 1.54) is 0 Å². The van der Waals surface area contributed by atoms with Gasteiger partial charge in [0.15, 0.2) is 0 Å². The van der Waals surface area contributed by atoms with Gasteiger partial charge in [0.25, 0.3) is 0 Å². The summed E-state index contributed by atoms with van der Waals surface area (Å²) < 4.78 is 5.20. The minimum absolute atomic E-state index is 0.269. The molecular weight excluding hydrogens is 456 g/mol. The molecule has 9 heteroatoms. The first-order valence-electron chi connectivity index (χ1n) is 12.0. The van der Waals surface area contributed by atoms with Crippen molar-refractivity contribution in [3.8, 4) is 0 Å². The molecule has 0 saturated carbocycles. The standard InChI is InChI=1S/C27H30N6O3/c28-25(34)20-8-9-21-23-17-30-13-10-22(23)26(33-24(21)16-20)31-15-14-29-11-4-5-12-32-27(35)36-18-19-6-2-1-3-7-19/h1-3,6-10,13,16-17,29H,4-5,11-12,14-15,18H2,(H2,28,34)(H,31,33)(H,32,35). The highest BCUT2D eigenvalue weighted by Gasteiger charge is 2.10. The summed E-state index contributed by atoms with van der Waals surface area (Å²) in [4.78, 5) is 32.3. The minimum Gasteiger partial charge on any atom is -0.445 e. The van der Waals surface area contributed by atoms with Gasteiger partial charge in [0.1, 0.15) is 12.4 Å². The van der Waals surface area contributed by atoms with E-state index in [0.29, 0.717) is 24.2 Å². The van der Waals surface area contributed by atoms with E-state index in [1.54, 1.807) is 24.5 Å². The lowest BCUT2D eigenvalue weighted by Gasteiger charge is -2.12. The van der Waals surface area contributed by atoms with Crippen LogP contribution in [0.5, 0.6) is 0 Å². The maximum atomic E-state index is 11.8. The van der Waals surface area contributed by atoms with Crippen LogP contribution in [0.1, 0.15) is 28.8 Å². The van der Waals surface area contributed by atoms with Gasteiger partial charge in [0.2, 0.25) is 5.91 Å². The van der Waals surface area contributed by atoms with Gasteiger partial charge in [-0.15, -0.1) is 0 Å². The number of ether oxygens (including phenoxy) is 1. The topological polar surface area (TPSA) is 131 Å². The number of rotatable bonds is 12. The molecule has 0 radical (unpaired) electrons. The van der Waals surface area contributed by atoms with Crippen molar-refractivity contribution in [3.63, 3.8) is 0 Å². The molecule has 2 heterocycles. The fourth-order valence-corrected chi connectivity index (χ4v) is 3.87. The van der Waals surface area contributed by atoms with E-state index < -0.39 is 12.0 Å². The number of fused-ring (bicyclic) bond motifs is 3. The lowest BCUT2D eigenvalue weighted by molar-refractivity contribution is 0.1000. The van der Waals surface area contributed by atoms with Gasteiger partial charge in [-0.3, -0.25) is 9.78 Å². The summed E-state index contributed by atoms with van der Waals surface area (Å²) in [6.07, 6.45) is 4.93. The van der Waals surface area contributed by atoms with Crippen LogP contribution in [0.3, 0.4) is 0 Å². The number of alkyl carbamates (subject to hydrolysis) is 1. The molecule has 2 amide bonds. The third kappa shape index (κ3) is 6.67. The van der Waals surface area contributed by atoms with Crippen LogP contribution in [0, 0.1) is 0 Å². The maximum Gasteiger partial charge on any atom is 0.407 e. The second kappa shape index (κ2) is 12.5. The number of nitrogens with one attached hydrogen (secondary N) is 3. The van der Waals surface area contributed by atoms with Crippen LogP contribution in [0.15, 0.2) is 67.0 Å². The van der Waals surface area contributed by atoms with Crippen LogP contribution in [-0.4, -0.2) is 48.1 Å². The van der Waals surface area contributed by atoms with Crippen molar-refractivity contribution in [1.29, 1.82) is 0 Å². The number of carbonyl (C=O) groups is 2. The number of anilines is 1. The minimum atomic E-state index is -0.483. The molecule has 36 heavy (non-hydrogen) atoms. The second-order valence-electron chi connectivity index (χ2n) is 8.35. The number of primary amides is 1. The van der Waals surface area contributed by atoms with Gasteiger partial charge in [-0.1, -0.05) is 36.4 Å². The molecule has 186 valence electrons. The van der Waals surface area contributed by atoms with Crippen LogP contribution in [0.4, 0.5) is 10.6 Å². The zero-order valence-corrected chi connectivity index (χ0v) is 20.0. The summed E-state index contributed by atoms with van der Waals surface area (Å²) >= 11 is 0. The molecule has 0 aliphatic heterocycles. The van der Waals surface area contributed by atoms with Crippen LogP contribution < -0.4 is 21.7 Å². The first-order chi connectivity index (χ1) is 17.6. The molecule has 0 aliphatic rings. The van der Waals surface area contributed by atoms with E-state index in [2.05, 4.69) is 20.9 Å². The lowest BCUT2D eigenvalue weighted by Crippen LogP contribution is -2.27. The average molecular weight is 487 g/mol. The number of hydrogen-bond donors (Lipinski definition) is 4. The number of hydrogen-bond acceptors (Lipinski definition) is 7. The summed E-state index contributed by atoms with van der Waals surface area (Å²) in [6.45, 7) is 3.10. The van der Waals surface area contributed by atoms with Gasteiger partial charge in [-0.2, -0.15) is 0 Å².